The van der Waals surface area contributed by atoms with Crippen LogP contribution in [0, 0.1) is 5.92 Å². The predicted molar refractivity (Wildman–Crippen MR) is 95.4 cm³/mol. The molecule has 9 heteroatoms. The number of sulfone groups is 1. The van der Waals surface area contributed by atoms with Gasteiger partial charge < -0.3 is 10.1 Å². The molecule has 0 aromatic heterocycles. The fourth-order valence-corrected chi connectivity index (χ4v) is 6.50. The standard InChI is InChI=1S/C19H22F3NO4S/c20-19(21,22)16-4-2-1-3-13(16)14-9-15(14)17(24)23-12-5-7-27-18(10-12)6-8-28(25,26)11-18/h1-4,12,14-15H,5-11H2,(H,23,24)/t12-,14+,15-,18-/m1/s1. The lowest BCUT2D eigenvalue weighted by Gasteiger charge is -2.37. The summed E-state index contributed by atoms with van der Waals surface area (Å²) in [4.78, 5) is 12.6. The number of hydrogen-bond acceptors (Lipinski definition) is 4. The van der Waals surface area contributed by atoms with Gasteiger partial charge in [0.1, 0.15) is 0 Å². The fourth-order valence-electron chi connectivity index (χ4n) is 4.53. The van der Waals surface area contributed by atoms with E-state index in [1.807, 2.05) is 0 Å². The van der Waals surface area contributed by atoms with E-state index in [2.05, 4.69) is 5.32 Å². The Labute approximate surface area is 161 Å². The maximum atomic E-state index is 13.2. The van der Waals surface area contributed by atoms with Gasteiger partial charge in [-0.15, -0.1) is 0 Å². The molecule has 2 aliphatic heterocycles. The number of carbonyl (C=O) groups is 1. The van der Waals surface area contributed by atoms with Crippen LogP contribution in [0.15, 0.2) is 24.3 Å². The molecular weight excluding hydrogens is 395 g/mol. The van der Waals surface area contributed by atoms with Crippen molar-refractivity contribution in [2.24, 2.45) is 5.92 Å². The Hall–Kier alpha value is -1.61. The van der Waals surface area contributed by atoms with Gasteiger partial charge in [0.25, 0.3) is 0 Å². The first kappa shape index (κ1) is 19.7. The van der Waals surface area contributed by atoms with E-state index in [0.29, 0.717) is 32.3 Å². The highest BCUT2D eigenvalue weighted by atomic mass is 32.2. The summed E-state index contributed by atoms with van der Waals surface area (Å²) in [5.41, 5.74) is -1.25. The maximum absolute atomic E-state index is 13.2. The summed E-state index contributed by atoms with van der Waals surface area (Å²) in [6.45, 7) is 0.367. The Kier molecular flexibility index (Phi) is 4.73. The van der Waals surface area contributed by atoms with E-state index >= 15 is 0 Å². The predicted octanol–water partition coefficient (Wildman–Crippen LogP) is 2.66. The zero-order valence-electron chi connectivity index (χ0n) is 15.2. The van der Waals surface area contributed by atoms with Crippen LogP contribution >= 0.6 is 0 Å². The summed E-state index contributed by atoms with van der Waals surface area (Å²) in [6, 6.07) is 5.18. The zero-order valence-corrected chi connectivity index (χ0v) is 16.0. The van der Waals surface area contributed by atoms with Crippen LogP contribution < -0.4 is 5.32 Å². The zero-order chi connectivity index (χ0) is 20.2. The first-order valence-electron chi connectivity index (χ1n) is 9.39. The molecule has 0 bridgehead atoms. The van der Waals surface area contributed by atoms with Crippen LogP contribution in [0.4, 0.5) is 13.2 Å². The quantitative estimate of drug-likeness (QED) is 0.821. The molecule has 1 saturated carbocycles. The van der Waals surface area contributed by atoms with E-state index < -0.39 is 39.0 Å². The molecule has 2 saturated heterocycles. The molecule has 1 aromatic rings. The highest BCUT2D eigenvalue weighted by Gasteiger charge is 2.50. The van der Waals surface area contributed by atoms with Crippen molar-refractivity contribution in [2.45, 2.75) is 49.4 Å². The minimum Gasteiger partial charge on any atom is -0.374 e. The number of benzene rings is 1. The molecule has 1 amide bonds. The number of rotatable bonds is 3. The Bertz CT molecular complexity index is 885. The molecular formula is C19H22F3NO4S. The summed E-state index contributed by atoms with van der Waals surface area (Å²) < 4.78 is 69.0. The van der Waals surface area contributed by atoms with Gasteiger partial charge in [-0.2, -0.15) is 13.2 Å². The second-order valence-corrected chi connectivity index (χ2v) is 10.3. The molecule has 1 aliphatic carbocycles. The van der Waals surface area contributed by atoms with Gasteiger partial charge in [-0.3, -0.25) is 4.79 Å². The van der Waals surface area contributed by atoms with E-state index in [1.165, 1.54) is 12.1 Å². The van der Waals surface area contributed by atoms with E-state index in [9.17, 15) is 26.4 Å². The van der Waals surface area contributed by atoms with Gasteiger partial charge in [-0.25, -0.2) is 8.42 Å². The van der Waals surface area contributed by atoms with Crippen molar-refractivity contribution in [3.63, 3.8) is 0 Å². The van der Waals surface area contributed by atoms with Crippen molar-refractivity contribution < 1.29 is 31.1 Å². The molecule has 154 valence electrons. The number of carbonyl (C=O) groups excluding carboxylic acids is 1. The molecule has 1 aromatic carbocycles. The second kappa shape index (κ2) is 6.73. The molecule has 3 aliphatic rings. The average molecular weight is 417 g/mol. The Balaban J connectivity index is 1.40. The summed E-state index contributed by atoms with van der Waals surface area (Å²) in [5, 5.41) is 2.92. The van der Waals surface area contributed by atoms with Crippen molar-refractivity contribution in [3.05, 3.63) is 35.4 Å². The maximum Gasteiger partial charge on any atom is 0.416 e. The van der Waals surface area contributed by atoms with Crippen molar-refractivity contribution in [3.8, 4) is 0 Å². The third-order valence-electron chi connectivity index (χ3n) is 5.98. The number of amides is 1. The van der Waals surface area contributed by atoms with Crippen molar-refractivity contribution >= 4 is 15.7 Å². The SMILES string of the molecule is O=C(N[C@@H]1CCO[C@]2(CCS(=O)(=O)C2)C1)[C@@H]1C[C@H]1c1ccccc1C(F)(F)F. The Morgan fingerprint density at radius 3 is 2.68 bits per heavy atom. The van der Waals surface area contributed by atoms with Crippen LogP contribution in [0.1, 0.15) is 42.7 Å². The summed E-state index contributed by atoms with van der Waals surface area (Å²) in [7, 11) is -3.12. The minimum atomic E-state index is -4.44. The molecule has 28 heavy (non-hydrogen) atoms. The van der Waals surface area contributed by atoms with E-state index in [1.54, 1.807) is 6.07 Å². The van der Waals surface area contributed by atoms with Gasteiger partial charge in [0.05, 0.1) is 22.7 Å². The molecule has 2 heterocycles. The Morgan fingerprint density at radius 2 is 2.00 bits per heavy atom. The minimum absolute atomic E-state index is 0.0304. The monoisotopic (exact) mass is 417 g/mol. The third kappa shape index (κ3) is 3.91. The van der Waals surface area contributed by atoms with Gasteiger partial charge in [0.15, 0.2) is 9.84 Å². The lowest BCUT2D eigenvalue weighted by molar-refractivity contribution is -0.138. The summed E-state index contributed by atoms with van der Waals surface area (Å²) in [5.74, 6) is -1.11. The number of nitrogens with one attached hydrogen (secondary N) is 1. The average Bonchev–Trinajstić information content (AvgIpc) is 3.35. The highest BCUT2D eigenvalue weighted by molar-refractivity contribution is 7.91. The van der Waals surface area contributed by atoms with Crippen LogP contribution in [0.3, 0.4) is 0 Å². The molecule has 4 atom stereocenters. The molecule has 0 radical (unpaired) electrons. The highest BCUT2D eigenvalue weighted by Crippen LogP contribution is 2.51. The number of hydrogen-bond donors (Lipinski definition) is 1. The van der Waals surface area contributed by atoms with Crippen LogP contribution in [0.2, 0.25) is 0 Å². The van der Waals surface area contributed by atoms with Crippen LogP contribution in [0.5, 0.6) is 0 Å². The summed E-state index contributed by atoms with van der Waals surface area (Å²) in [6.07, 6.45) is -2.63. The number of ether oxygens (including phenoxy) is 1. The van der Waals surface area contributed by atoms with E-state index in [-0.39, 0.29) is 29.0 Å². The van der Waals surface area contributed by atoms with Crippen molar-refractivity contribution in [1.82, 2.24) is 5.32 Å². The third-order valence-corrected chi connectivity index (χ3v) is 7.78. The fraction of sp³-hybridized carbons (Fsp3) is 0.632. The Morgan fingerprint density at radius 1 is 1.25 bits per heavy atom. The summed E-state index contributed by atoms with van der Waals surface area (Å²) >= 11 is 0. The first-order valence-corrected chi connectivity index (χ1v) is 11.2. The molecule has 4 rings (SSSR count). The van der Waals surface area contributed by atoms with E-state index in [0.717, 1.165) is 6.07 Å². The van der Waals surface area contributed by atoms with Gasteiger partial charge in [0, 0.05) is 18.6 Å². The normalized spacial score (nSPS) is 34.3. The van der Waals surface area contributed by atoms with Crippen molar-refractivity contribution in [2.75, 3.05) is 18.1 Å². The molecule has 5 nitrogen and oxygen atoms in total. The number of halogens is 3. The van der Waals surface area contributed by atoms with Gasteiger partial charge in [-0.1, -0.05) is 18.2 Å². The lowest BCUT2D eigenvalue weighted by Crippen LogP contribution is -2.49. The molecule has 3 fully saturated rings. The topological polar surface area (TPSA) is 72.5 Å². The van der Waals surface area contributed by atoms with Gasteiger partial charge >= 0.3 is 6.18 Å². The smallest absolute Gasteiger partial charge is 0.374 e. The second-order valence-electron chi connectivity index (χ2n) is 8.11. The van der Waals surface area contributed by atoms with Crippen molar-refractivity contribution in [1.29, 1.82) is 0 Å². The molecule has 1 N–H and O–H groups in total. The van der Waals surface area contributed by atoms with Gasteiger partial charge in [-0.05, 0) is 43.2 Å². The first-order chi connectivity index (χ1) is 13.1. The van der Waals surface area contributed by atoms with Gasteiger partial charge in [0.2, 0.25) is 5.91 Å². The van der Waals surface area contributed by atoms with Crippen LogP contribution in [-0.2, 0) is 25.5 Å². The van der Waals surface area contributed by atoms with Crippen LogP contribution in [-0.4, -0.2) is 44.1 Å². The largest absolute Gasteiger partial charge is 0.416 e. The van der Waals surface area contributed by atoms with Crippen LogP contribution in [0.25, 0.3) is 0 Å². The molecule has 1 spiro atoms. The number of alkyl halides is 3. The lowest BCUT2D eigenvalue weighted by atomic mass is 9.89. The van der Waals surface area contributed by atoms with E-state index in [4.69, 9.17) is 4.74 Å². The molecule has 0 unspecified atom stereocenters.